The van der Waals surface area contributed by atoms with Gasteiger partial charge in [0.15, 0.2) is 16.6 Å². The number of thiocarbonyl (C=S) groups is 1. The fourth-order valence-corrected chi connectivity index (χ4v) is 2.88. The molecule has 0 unspecified atom stereocenters. The van der Waals surface area contributed by atoms with Crippen LogP contribution in [-0.4, -0.2) is 31.3 Å². The second-order valence-corrected chi connectivity index (χ2v) is 6.44. The van der Waals surface area contributed by atoms with E-state index in [-0.39, 0.29) is 11.0 Å². The molecule has 8 heteroatoms. The van der Waals surface area contributed by atoms with Crippen LogP contribution in [0.1, 0.15) is 10.4 Å². The summed E-state index contributed by atoms with van der Waals surface area (Å²) < 4.78 is 17.0. The van der Waals surface area contributed by atoms with E-state index in [1.54, 1.807) is 36.4 Å². The van der Waals surface area contributed by atoms with Crippen molar-refractivity contribution in [3.05, 3.63) is 46.4 Å². The monoisotopic (exact) mass is 422 g/mol. The number of halogens is 1. The molecule has 130 valence electrons. The average molecular weight is 423 g/mol. The van der Waals surface area contributed by atoms with E-state index in [4.69, 9.17) is 26.4 Å². The maximum absolute atomic E-state index is 12.4. The van der Waals surface area contributed by atoms with Gasteiger partial charge in [0, 0.05) is 16.2 Å². The quantitative estimate of drug-likeness (QED) is 0.739. The molecule has 1 aliphatic rings. The summed E-state index contributed by atoms with van der Waals surface area (Å²) in [5, 5.41) is 5.76. The molecule has 0 saturated heterocycles. The van der Waals surface area contributed by atoms with Gasteiger partial charge >= 0.3 is 0 Å². The SMILES string of the molecule is COc1ccc(Br)cc1C(=O)NC(=S)Nc1ccc2c(c1)OCCO2. The Balaban J connectivity index is 1.68. The zero-order valence-electron chi connectivity index (χ0n) is 13.3. The van der Waals surface area contributed by atoms with E-state index in [9.17, 15) is 4.79 Å². The van der Waals surface area contributed by atoms with Gasteiger partial charge in [0.05, 0.1) is 12.7 Å². The van der Waals surface area contributed by atoms with E-state index in [1.807, 2.05) is 0 Å². The van der Waals surface area contributed by atoms with Gasteiger partial charge in [-0.25, -0.2) is 0 Å². The topological polar surface area (TPSA) is 68.8 Å². The molecule has 1 aliphatic heterocycles. The molecule has 25 heavy (non-hydrogen) atoms. The summed E-state index contributed by atoms with van der Waals surface area (Å²) in [6.07, 6.45) is 0. The third-order valence-electron chi connectivity index (χ3n) is 3.43. The van der Waals surface area contributed by atoms with Gasteiger partial charge < -0.3 is 19.5 Å². The lowest BCUT2D eigenvalue weighted by atomic mass is 10.2. The van der Waals surface area contributed by atoms with Crippen molar-refractivity contribution >= 4 is 44.9 Å². The average Bonchev–Trinajstić information content (AvgIpc) is 2.61. The third kappa shape index (κ3) is 4.21. The van der Waals surface area contributed by atoms with Crippen LogP contribution in [0.3, 0.4) is 0 Å². The number of rotatable bonds is 3. The highest BCUT2D eigenvalue weighted by Crippen LogP contribution is 2.32. The van der Waals surface area contributed by atoms with Gasteiger partial charge in [0.25, 0.3) is 5.91 Å². The number of ether oxygens (including phenoxy) is 3. The van der Waals surface area contributed by atoms with Crippen LogP contribution in [-0.2, 0) is 0 Å². The summed E-state index contributed by atoms with van der Waals surface area (Å²) in [4.78, 5) is 12.4. The first-order chi connectivity index (χ1) is 12.1. The van der Waals surface area contributed by atoms with Gasteiger partial charge in [0.2, 0.25) is 0 Å². The Hall–Kier alpha value is -2.32. The number of benzene rings is 2. The minimum Gasteiger partial charge on any atom is -0.496 e. The Morgan fingerprint density at radius 2 is 1.92 bits per heavy atom. The zero-order valence-corrected chi connectivity index (χ0v) is 15.7. The lowest BCUT2D eigenvalue weighted by Gasteiger charge is -2.19. The smallest absolute Gasteiger partial charge is 0.261 e. The van der Waals surface area contributed by atoms with Gasteiger partial charge in [0.1, 0.15) is 19.0 Å². The molecule has 0 atom stereocenters. The fourth-order valence-electron chi connectivity index (χ4n) is 2.31. The van der Waals surface area contributed by atoms with Crippen LogP contribution in [0.4, 0.5) is 5.69 Å². The van der Waals surface area contributed by atoms with Crippen LogP contribution in [0.2, 0.25) is 0 Å². The maximum atomic E-state index is 12.4. The molecule has 2 aromatic rings. The fraction of sp³-hybridized carbons (Fsp3) is 0.176. The molecule has 0 spiro atoms. The summed E-state index contributed by atoms with van der Waals surface area (Å²) in [6, 6.07) is 10.5. The Morgan fingerprint density at radius 3 is 2.68 bits per heavy atom. The molecule has 6 nitrogen and oxygen atoms in total. The number of carbonyl (C=O) groups excluding carboxylic acids is 1. The maximum Gasteiger partial charge on any atom is 0.261 e. The summed E-state index contributed by atoms with van der Waals surface area (Å²) in [7, 11) is 1.51. The van der Waals surface area contributed by atoms with Crippen LogP contribution >= 0.6 is 28.1 Å². The summed E-state index contributed by atoms with van der Waals surface area (Å²) in [6.45, 7) is 1.03. The lowest BCUT2D eigenvalue weighted by Crippen LogP contribution is -2.34. The predicted octanol–water partition coefficient (Wildman–Crippen LogP) is 3.36. The van der Waals surface area contributed by atoms with E-state index >= 15 is 0 Å². The van der Waals surface area contributed by atoms with Gasteiger partial charge in [-0.1, -0.05) is 15.9 Å². The Kier molecular flexibility index (Phi) is 5.40. The normalized spacial score (nSPS) is 12.2. The van der Waals surface area contributed by atoms with Crippen molar-refractivity contribution in [2.24, 2.45) is 0 Å². The minimum absolute atomic E-state index is 0.170. The molecule has 1 heterocycles. The van der Waals surface area contributed by atoms with E-state index < -0.39 is 0 Å². The molecule has 0 bridgehead atoms. The van der Waals surface area contributed by atoms with E-state index in [0.717, 1.165) is 4.47 Å². The van der Waals surface area contributed by atoms with Crippen molar-refractivity contribution in [2.45, 2.75) is 0 Å². The van der Waals surface area contributed by atoms with Crippen molar-refractivity contribution in [2.75, 3.05) is 25.6 Å². The zero-order chi connectivity index (χ0) is 17.8. The number of amides is 1. The first-order valence-electron chi connectivity index (χ1n) is 7.42. The number of hydrogen-bond acceptors (Lipinski definition) is 5. The highest BCUT2D eigenvalue weighted by molar-refractivity contribution is 9.10. The second kappa shape index (κ2) is 7.71. The summed E-state index contributed by atoms with van der Waals surface area (Å²) in [5.41, 5.74) is 1.07. The van der Waals surface area contributed by atoms with E-state index in [0.29, 0.717) is 41.7 Å². The Morgan fingerprint density at radius 1 is 1.16 bits per heavy atom. The highest BCUT2D eigenvalue weighted by Gasteiger charge is 2.15. The van der Waals surface area contributed by atoms with Crippen LogP contribution in [0.5, 0.6) is 17.2 Å². The van der Waals surface area contributed by atoms with Crippen molar-refractivity contribution < 1.29 is 19.0 Å². The van der Waals surface area contributed by atoms with Crippen LogP contribution in [0, 0.1) is 0 Å². The van der Waals surface area contributed by atoms with Gasteiger partial charge in [-0.2, -0.15) is 0 Å². The molecule has 0 aromatic heterocycles. The molecule has 0 saturated carbocycles. The largest absolute Gasteiger partial charge is 0.496 e. The van der Waals surface area contributed by atoms with Crippen molar-refractivity contribution in [1.82, 2.24) is 5.32 Å². The molecule has 2 N–H and O–H groups in total. The van der Waals surface area contributed by atoms with Crippen molar-refractivity contribution in [3.63, 3.8) is 0 Å². The first-order valence-corrected chi connectivity index (χ1v) is 8.62. The number of fused-ring (bicyclic) bond motifs is 1. The molecule has 1 amide bonds. The van der Waals surface area contributed by atoms with E-state index in [2.05, 4.69) is 26.6 Å². The molecule has 0 radical (unpaired) electrons. The molecule has 0 fully saturated rings. The Labute approximate surface area is 158 Å². The molecule has 3 rings (SSSR count). The number of anilines is 1. The van der Waals surface area contributed by atoms with Gasteiger partial charge in [-0.05, 0) is 42.5 Å². The lowest BCUT2D eigenvalue weighted by molar-refractivity contribution is 0.0974. The van der Waals surface area contributed by atoms with Crippen LogP contribution in [0.25, 0.3) is 0 Å². The van der Waals surface area contributed by atoms with Gasteiger partial charge in [-0.15, -0.1) is 0 Å². The number of nitrogens with one attached hydrogen (secondary N) is 2. The van der Waals surface area contributed by atoms with Crippen LogP contribution < -0.4 is 24.8 Å². The predicted molar refractivity (Wildman–Crippen MR) is 102 cm³/mol. The third-order valence-corrected chi connectivity index (χ3v) is 4.13. The van der Waals surface area contributed by atoms with Crippen LogP contribution in [0.15, 0.2) is 40.9 Å². The molecular weight excluding hydrogens is 408 g/mol. The summed E-state index contributed by atoms with van der Waals surface area (Å²) in [5.74, 6) is 1.42. The van der Waals surface area contributed by atoms with Gasteiger partial charge in [-0.3, -0.25) is 10.1 Å². The number of methoxy groups -OCH3 is 1. The second-order valence-electron chi connectivity index (χ2n) is 5.11. The molecule has 0 aliphatic carbocycles. The van der Waals surface area contributed by atoms with Crippen molar-refractivity contribution in [1.29, 1.82) is 0 Å². The molecule has 2 aromatic carbocycles. The Bertz CT molecular complexity index is 828. The number of hydrogen-bond donors (Lipinski definition) is 2. The molecular formula is C17H15BrN2O4S. The van der Waals surface area contributed by atoms with E-state index in [1.165, 1.54) is 7.11 Å². The minimum atomic E-state index is -0.367. The summed E-state index contributed by atoms with van der Waals surface area (Å²) >= 11 is 8.55. The number of carbonyl (C=O) groups is 1. The standard InChI is InChI=1S/C17H15BrN2O4S/c1-22-13-4-2-10(18)8-12(13)16(21)20-17(25)19-11-3-5-14-15(9-11)24-7-6-23-14/h2-5,8-9H,6-7H2,1H3,(H2,19,20,21,25). The van der Waals surface area contributed by atoms with Crippen molar-refractivity contribution in [3.8, 4) is 17.2 Å². The highest BCUT2D eigenvalue weighted by atomic mass is 79.9. The first kappa shape index (κ1) is 17.5.